The lowest BCUT2D eigenvalue weighted by Gasteiger charge is -2.38. The minimum Gasteiger partial charge on any atom is -0.444 e. The van der Waals surface area contributed by atoms with Crippen molar-refractivity contribution in [2.75, 3.05) is 5.75 Å². The molecule has 0 heterocycles. The van der Waals surface area contributed by atoms with E-state index in [0.717, 1.165) is 30.4 Å². The zero-order valence-electron chi connectivity index (χ0n) is 22.7. The van der Waals surface area contributed by atoms with E-state index in [1.165, 1.54) is 0 Å². The maximum atomic E-state index is 13.9. The van der Waals surface area contributed by atoms with Crippen molar-refractivity contribution in [1.29, 1.82) is 0 Å². The predicted molar refractivity (Wildman–Crippen MR) is 145 cm³/mol. The van der Waals surface area contributed by atoms with Gasteiger partial charge in [0.05, 0.1) is 0 Å². The number of thiol groups is 1. The predicted octanol–water partition coefficient (Wildman–Crippen LogP) is 5.05. The van der Waals surface area contributed by atoms with Gasteiger partial charge in [-0.15, -0.1) is 0 Å². The summed E-state index contributed by atoms with van der Waals surface area (Å²) in [5, 5.41) is 5.73. The van der Waals surface area contributed by atoms with Crippen LogP contribution < -0.4 is 10.6 Å². The first-order valence-electron chi connectivity index (χ1n) is 12.7. The third kappa shape index (κ3) is 9.74. The van der Waals surface area contributed by atoms with Crippen LogP contribution in [0, 0.1) is 0 Å². The number of benzene rings is 1. The van der Waals surface area contributed by atoms with Gasteiger partial charge in [-0.25, -0.2) is 4.79 Å². The van der Waals surface area contributed by atoms with Gasteiger partial charge in [0.15, 0.2) is 0 Å². The second-order valence-electron chi connectivity index (χ2n) is 10.1. The Morgan fingerprint density at radius 3 is 2.09 bits per heavy atom. The second kappa shape index (κ2) is 14.4. The van der Waals surface area contributed by atoms with Gasteiger partial charge in [0.25, 0.3) is 0 Å². The maximum Gasteiger partial charge on any atom is 0.408 e. The van der Waals surface area contributed by atoms with Crippen LogP contribution >= 0.6 is 12.6 Å². The SMILES string of the molecule is CCCC(C)NC(=O)C(c1ccc(CC)cc1)N(C(=O)C(CS)NC(=O)OC(C)(C)C)C(C)CC. The fourth-order valence-corrected chi connectivity index (χ4v) is 4.06. The molecule has 7 nitrogen and oxygen atoms in total. The van der Waals surface area contributed by atoms with E-state index in [1.54, 1.807) is 25.7 Å². The van der Waals surface area contributed by atoms with E-state index in [0.29, 0.717) is 6.42 Å². The van der Waals surface area contributed by atoms with Crippen LogP contribution in [0.2, 0.25) is 0 Å². The van der Waals surface area contributed by atoms with Crippen LogP contribution in [-0.4, -0.2) is 52.3 Å². The summed E-state index contributed by atoms with van der Waals surface area (Å²) in [5.41, 5.74) is 1.17. The summed E-state index contributed by atoms with van der Waals surface area (Å²) in [7, 11) is 0. The number of ether oxygens (including phenoxy) is 1. The number of nitrogens with one attached hydrogen (secondary N) is 2. The molecule has 0 aliphatic rings. The molecule has 0 saturated heterocycles. The summed E-state index contributed by atoms with van der Waals surface area (Å²) in [6, 6.07) is 5.72. The highest BCUT2D eigenvalue weighted by Gasteiger charge is 2.38. The van der Waals surface area contributed by atoms with Gasteiger partial charge in [0, 0.05) is 17.8 Å². The molecule has 8 heteroatoms. The molecule has 0 aliphatic heterocycles. The topological polar surface area (TPSA) is 87.7 Å². The zero-order chi connectivity index (χ0) is 26.8. The number of nitrogens with zero attached hydrogens (tertiary/aromatic N) is 1. The quantitative estimate of drug-likeness (QED) is 0.346. The number of amides is 3. The molecule has 0 radical (unpaired) electrons. The first kappa shape index (κ1) is 30.8. The van der Waals surface area contributed by atoms with Crippen LogP contribution in [-0.2, 0) is 20.7 Å². The van der Waals surface area contributed by atoms with Crippen molar-refractivity contribution in [2.24, 2.45) is 0 Å². The Morgan fingerprint density at radius 2 is 1.63 bits per heavy atom. The van der Waals surface area contributed by atoms with Crippen molar-refractivity contribution in [3.63, 3.8) is 0 Å². The fraction of sp³-hybridized carbons (Fsp3) is 0.667. The normalized spacial score (nSPS) is 14.9. The van der Waals surface area contributed by atoms with Gasteiger partial charge in [0.1, 0.15) is 17.7 Å². The van der Waals surface area contributed by atoms with Crippen LogP contribution in [0.25, 0.3) is 0 Å². The van der Waals surface area contributed by atoms with Crippen molar-refractivity contribution in [1.82, 2.24) is 15.5 Å². The molecule has 1 aromatic rings. The Bertz CT molecular complexity index is 823. The van der Waals surface area contributed by atoms with Gasteiger partial charge >= 0.3 is 6.09 Å². The van der Waals surface area contributed by atoms with E-state index in [-0.39, 0.29) is 29.7 Å². The summed E-state index contributed by atoms with van der Waals surface area (Å²) in [6.07, 6.45) is 2.59. The highest BCUT2D eigenvalue weighted by molar-refractivity contribution is 7.80. The van der Waals surface area contributed by atoms with Crippen LogP contribution in [0.15, 0.2) is 24.3 Å². The van der Waals surface area contributed by atoms with Gasteiger partial charge in [-0.2, -0.15) is 12.6 Å². The lowest BCUT2D eigenvalue weighted by atomic mass is 9.98. The standard InChI is InChI=1S/C27H45N3O4S/c1-9-12-18(4)28-24(31)23(21-15-13-20(11-3)14-16-21)30(19(5)10-2)25(32)22(17-35)29-26(33)34-27(6,7)8/h13-16,18-19,22-23,35H,9-12,17H2,1-8H3,(H,28,31)(H,29,33). The molecule has 3 amide bonds. The fourth-order valence-electron chi connectivity index (χ4n) is 3.81. The van der Waals surface area contributed by atoms with Crippen molar-refractivity contribution < 1.29 is 19.1 Å². The molecular weight excluding hydrogens is 462 g/mol. The Hall–Kier alpha value is -2.22. The molecule has 0 aliphatic carbocycles. The molecule has 4 atom stereocenters. The molecule has 4 unspecified atom stereocenters. The number of carbonyl (C=O) groups is 3. The summed E-state index contributed by atoms with van der Waals surface area (Å²) in [4.78, 5) is 41.5. The smallest absolute Gasteiger partial charge is 0.408 e. The van der Waals surface area contributed by atoms with E-state index in [2.05, 4.69) is 37.1 Å². The maximum absolute atomic E-state index is 13.9. The van der Waals surface area contributed by atoms with Gasteiger partial charge < -0.3 is 20.3 Å². The minimum absolute atomic E-state index is 0.0284. The van der Waals surface area contributed by atoms with Gasteiger partial charge in [-0.05, 0) is 65.0 Å². The van der Waals surface area contributed by atoms with Gasteiger partial charge in [0.2, 0.25) is 11.8 Å². The second-order valence-corrected chi connectivity index (χ2v) is 10.4. The van der Waals surface area contributed by atoms with Crippen LogP contribution in [0.1, 0.15) is 91.8 Å². The molecule has 1 rings (SSSR count). The largest absolute Gasteiger partial charge is 0.444 e. The molecule has 35 heavy (non-hydrogen) atoms. The molecule has 0 spiro atoms. The molecule has 1 aromatic carbocycles. The Morgan fingerprint density at radius 1 is 1.03 bits per heavy atom. The van der Waals surface area contributed by atoms with Gasteiger partial charge in [-0.1, -0.05) is 51.5 Å². The number of aryl methyl sites for hydroxylation is 1. The Balaban J connectivity index is 3.43. The van der Waals surface area contributed by atoms with E-state index in [1.807, 2.05) is 45.0 Å². The van der Waals surface area contributed by atoms with E-state index < -0.39 is 23.8 Å². The number of alkyl carbamates (subject to hydrolysis) is 1. The molecule has 0 fully saturated rings. The van der Waals surface area contributed by atoms with E-state index in [9.17, 15) is 14.4 Å². The monoisotopic (exact) mass is 507 g/mol. The summed E-state index contributed by atoms with van der Waals surface area (Å²) in [5.74, 6) is -0.539. The number of hydrogen-bond donors (Lipinski definition) is 3. The van der Waals surface area contributed by atoms with Gasteiger partial charge in [-0.3, -0.25) is 9.59 Å². The Labute approximate surface area is 217 Å². The number of hydrogen-bond acceptors (Lipinski definition) is 5. The van der Waals surface area contributed by atoms with Crippen molar-refractivity contribution in [2.45, 2.75) is 111 Å². The van der Waals surface area contributed by atoms with Crippen LogP contribution in [0.3, 0.4) is 0 Å². The first-order valence-corrected chi connectivity index (χ1v) is 13.3. The van der Waals surface area contributed by atoms with E-state index in [4.69, 9.17) is 4.74 Å². The minimum atomic E-state index is -0.944. The summed E-state index contributed by atoms with van der Waals surface area (Å²) >= 11 is 4.33. The molecule has 198 valence electrons. The average Bonchev–Trinajstić information content (AvgIpc) is 2.79. The molecule has 2 N–H and O–H groups in total. The van der Waals surface area contributed by atoms with E-state index >= 15 is 0 Å². The number of rotatable bonds is 12. The Kier molecular flexibility index (Phi) is 12.6. The molecule has 0 aromatic heterocycles. The zero-order valence-corrected chi connectivity index (χ0v) is 23.6. The third-order valence-corrected chi connectivity index (χ3v) is 6.20. The highest BCUT2D eigenvalue weighted by atomic mass is 32.1. The molecule has 0 saturated carbocycles. The summed E-state index contributed by atoms with van der Waals surface area (Å²) < 4.78 is 5.35. The lowest BCUT2D eigenvalue weighted by Crippen LogP contribution is -2.56. The molecular formula is C27H45N3O4S. The lowest BCUT2D eigenvalue weighted by molar-refractivity contribution is -0.144. The van der Waals surface area contributed by atoms with Crippen molar-refractivity contribution >= 4 is 30.5 Å². The first-order chi connectivity index (χ1) is 16.4. The van der Waals surface area contributed by atoms with Crippen molar-refractivity contribution in [3.05, 3.63) is 35.4 Å². The van der Waals surface area contributed by atoms with Crippen LogP contribution in [0.5, 0.6) is 0 Å². The highest BCUT2D eigenvalue weighted by Crippen LogP contribution is 2.27. The van der Waals surface area contributed by atoms with Crippen LogP contribution in [0.4, 0.5) is 4.79 Å². The number of carbonyl (C=O) groups excluding carboxylic acids is 3. The average molecular weight is 508 g/mol. The summed E-state index contributed by atoms with van der Waals surface area (Å²) in [6.45, 7) is 15.3. The molecule has 0 bridgehead atoms. The third-order valence-electron chi connectivity index (χ3n) is 5.83. The van der Waals surface area contributed by atoms with Crippen molar-refractivity contribution in [3.8, 4) is 0 Å².